The number of aromatic hydroxyl groups is 1. The number of hydrogen-bond donors (Lipinski definition) is 1. The highest BCUT2D eigenvalue weighted by Gasteiger charge is 2.31. The van der Waals surface area contributed by atoms with Gasteiger partial charge in [0, 0.05) is 6.20 Å². The Balaban J connectivity index is 1.90. The fourth-order valence-corrected chi connectivity index (χ4v) is 5.68. The molecule has 0 amide bonds. The summed E-state index contributed by atoms with van der Waals surface area (Å²) in [5, 5.41) is 10.3. The molecule has 0 bridgehead atoms. The Bertz CT molecular complexity index is 1580. The van der Waals surface area contributed by atoms with Crippen molar-refractivity contribution < 1.29 is 28.8 Å². The molecular formula is C27H27IN2O7S. The summed E-state index contributed by atoms with van der Waals surface area (Å²) in [6.07, 6.45) is 3.16. The molecule has 38 heavy (non-hydrogen) atoms. The lowest BCUT2D eigenvalue weighted by molar-refractivity contribution is -0.136. The van der Waals surface area contributed by atoms with Crippen LogP contribution in [0.3, 0.4) is 0 Å². The van der Waals surface area contributed by atoms with Gasteiger partial charge in [0.05, 0.1) is 46.6 Å². The standard InChI is InChI=1S/C27H27IN2O7S/c1-5-35-19-9-8-16(13-20(19)36-6-2)23-17(26(33)34-4)14-29-27-30(23)25(32)22(38-27)12-15-10-18(28)24(31)21(11-15)37-7-3/h8-14,23,31H,5-7H2,1-4H3/b22-12+/t23-/m0/s1. The summed E-state index contributed by atoms with van der Waals surface area (Å²) >= 11 is 3.22. The number of thiazole rings is 1. The van der Waals surface area contributed by atoms with E-state index >= 15 is 0 Å². The van der Waals surface area contributed by atoms with E-state index in [0.29, 0.717) is 61.1 Å². The van der Waals surface area contributed by atoms with E-state index in [1.807, 2.05) is 43.4 Å². The maximum Gasteiger partial charge on any atom is 0.337 e. The van der Waals surface area contributed by atoms with Crippen LogP contribution in [0.4, 0.5) is 0 Å². The molecule has 0 fully saturated rings. The highest BCUT2D eigenvalue weighted by atomic mass is 127. The van der Waals surface area contributed by atoms with Crippen LogP contribution in [0.2, 0.25) is 0 Å². The zero-order chi connectivity index (χ0) is 27.4. The maximum absolute atomic E-state index is 13.8. The molecule has 1 aromatic heterocycles. The number of nitrogens with zero attached hydrogens (tertiary/aromatic N) is 2. The van der Waals surface area contributed by atoms with E-state index in [1.165, 1.54) is 29.2 Å². The van der Waals surface area contributed by atoms with Crippen molar-refractivity contribution in [2.24, 2.45) is 4.99 Å². The molecule has 0 aliphatic carbocycles. The van der Waals surface area contributed by atoms with Crippen molar-refractivity contribution in [1.82, 2.24) is 4.57 Å². The number of phenolic OH excluding ortho intramolecular Hbond substituents is 1. The molecule has 0 spiro atoms. The number of fused-ring (bicyclic) bond motifs is 1. The summed E-state index contributed by atoms with van der Waals surface area (Å²) in [7, 11) is 1.29. The van der Waals surface area contributed by atoms with Crippen molar-refractivity contribution in [2.45, 2.75) is 26.8 Å². The molecule has 11 heteroatoms. The highest BCUT2D eigenvalue weighted by molar-refractivity contribution is 14.1. The van der Waals surface area contributed by atoms with Gasteiger partial charge >= 0.3 is 5.97 Å². The minimum atomic E-state index is -0.783. The second-order valence-corrected chi connectivity index (χ2v) is 10.2. The quantitative estimate of drug-likeness (QED) is 0.279. The molecule has 0 saturated carbocycles. The molecule has 0 radical (unpaired) electrons. The molecule has 2 heterocycles. The number of hydrogen-bond acceptors (Lipinski definition) is 9. The number of benzene rings is 2. The maximum atomic E-state index is 13.8. The first-order valence-electron chi connectivity index (χ1n) is 12.0. The van der Waals surface area contributed by atoms with E-state index in [9.17, 15) is 14.7 Å². The lowest BCUT2D eigenvalue weighted by Gasteiger charge is -2.23. The number of carbonyl (C=O) groups is 1. The minimum absolute atomic E-state index is 0.0504. The van der Waals surface area contributed by atoms with Gasteiger partial charge in [0.2, 0.25) is 0 Å². The zero-order valence-corrected chi connectivity index (χ0v) is 24.3. The number of carbonyl (C=O) groups excluding carboxylic acids is 1. The Kier molecular flexibility index (Phi) is 8.77. The molecule has 9 nitrogen and oxygen atoms in total. The van der Waals surface area contributed by atoms with Gasteiger partial charge in [-0.2, -0.15) is 0 Å². The summed E-state index contributed by atoms with van der Waals surface area (Å²) in [6.45, 7) is 6.84. The third kappa shape index (κ3) is 5.44. The van der Waals surface area contributed by atoms with Gasteiger partial charge in [-0.05, 0) is 84.8 Å². The van der Waals surface area contributed by atoms with Crippen molar-refractivity contribution in [3.63, 3.8) is 0 Å². The number of halogens is 1. The van der Waals surface area contributed by atoms with E-state index in [-0.39, 0.29) is 16.9 Å². The van der Waals surface area contributed by atoms with Crippen LogP contribution in [0.1, 0.15) is 37.9 Å². The average molecular weight is 650 g/mol. The Hall–Kier alpha value is -3.32. The van der Waals surface area contributed by atoms with Crippen LogP contribution in [0, 0.1) is 3.57 Å². The number of ether oxygens (including phenoxy) is 4. The fourth-order valence-electron chi connectivity index (χ4n) is 4.08. The molecule has 4 rings (SSSR count). The molecule has 0 saturated heterocycles. The molecule has 2 aromatic carbocycles. The van der Waals surface area contributed by atoms with Crippen LogP contribution in [0.15, 0.2) is 51.9 Å². The molecule has 1 aliphatic heterocycles. The van der Waals surface area contributed by atoms with E-state index < -0.39 is 12.0 Å². The average Bonchev–Trinajstić information content (AvgIpc) is 3.22. The predicted molar refractivity (Wildman–Crippen MR) is 152 cm³/mol. The Morgan fingerprint density at radius 1 is 1.08 bits per heavy atom. The minimum Gasteiger partial charge on any atom is -0.504 e. The van der Waals surface area contributed by atoms with Crippen molar-refractivity contribution in [2.75, 3.05) is 26.9 Å². The topological polar surface area (TPSA) is 109 Å². The van der Waals surface area contributed by atoms with Gasteiger partial charge in [-0.1, -0.05) is 17.4 Å². The molecule has 200 valence electrons. The predicted octanol–water partition coefficient (Wildman–Crippen LogP) is 3.52. The van der Waals surface area contributed by atoms with Gasteiger partial charge in [0.15, 0.2) is 27.8 Å². The molecule has 1 aliphatic rings. The first kappa shape index (κ1) is 27.7. The first-order chi connectivity index (χ1) is 18.3. The largest absolute Gasteiger partial charge is 0.504 e. The molecule has 1 N–H and O–H groups in total. The van der Waals surface area contributed by atoms with Crippen LogP contribution in [-0.4, -0.2) is 42.6 Å². The van der Waals surface area contributed by atoms with Crippen LogP contribution in [0.5, 0.6) is 23.0 Å². The molecule has 0 unspecified atom stereocenters. The number of rotatable bonds is 9. The number of aromatic nitrogens is 1. The third-order valence-corrected chi connectivity index (χ3v) is 7.48. The number of methoxy groups -OCH3 is 1. The van der Waals surface area contributed by atoms with Crippen molar-refractivity contribution in [1.29, 1.82) is 0 Å². The normalized spacial score (nSPS) is 14.8. The number of esters is 1. The fraction of sp³-hybridized carbons (Fsp3) is 0.296. The zero-order valence-electron chi connectivity index (χ0n) is 21.3. The van der Waals surface area contributed by atoms with Gasteiger partial charge in [-0.3, -0.25) is 9.36 Å². The van der Waals surface area contributed by atoms with E-state index in [1.54, 1.807) is 36.4 Å². The van der Waals surface area contributed by atoms with Crippen LogP contribution >= 0.6 is 33.9 Å². The van der Waals surface area contributed by atoms with Crippen molar-refractivity contribution in [3.05, 3.63) is 76.5 Å². The molecule has 1 atom stereocenters. The van der Waals surface area contributed by atoms with E-state index in [0.717, 1.165) is 0 Å². The van der Waals surface area contributed by atoms with Gasteiger partial charge < -0.3 is 24.1 Å². The summed E-state index contributed by atoms with van der Waals surface area (Å²) in [5.41, 5.74) is 1.23. The summed E-state index contributed by atoms with van der Waals surface area (Å²) < 4.78 is 24.5. The smallest absolute Gasteiger partial charge is 0.337 e. The van der Waals surface area contributed by atoms with Crippen LogP contribution in [0.25, 0.3) is 6.08 Å². The number of phenols is 1. The van der Waals surface area contributed by atoms with Gasteiger partial charge in [-0.25, -0.2) is 9.79 Å². The van der Waals surface area contributed by atoms with Crippen molar-refractivity contribution >= 4 is 46.0 Å². The molecule has 3 aromatic rings. The Morgan fingerprint density at radius 2 is 1.76 bits per heavy atom. The monoisotopic (exact) mass is 650 g/mol. The second-order valence-electron chi connectivity index (χ2n) is 8.03. The lowest BCUT2D eigenvalue weighted by atomic mass is 9.97. The SMILES string of the molecule is CCOc1ccc([C@H]2C(C(=O)OC)=CN=c3s/c(=C/c4cc(I)c(O)c(OCC)c4)c(=O)n32)cc1OCC. The summed E-state index contributed by atoms with van der Waals surface area (Å²) in [6, 6.07) is 7.99. The van der Waals surface area contributed by atoms with Crippen molar-refractivity contribution in [3.8, 4) is 23.0 Å². The van der Waals surface area contributed by atoms with Crippen LogP contribution < -0.4 is 29.1 Å². The Labute approximate surface area is 236 Å². The lowest BCUT2D eigenvalue weighted by Crippen LogP contribution is -2.39. The van der Waals surface area contributed by atoms with E-state index in [2.05, 4.69) is 4.99 Å². The summed E-state index contributed by atoms with van der Waals surface area (Å²) in [4.78, 5) is 31.4. The summed E-state index contributed by atoms with van der Waals surface area (Å²) in [5.74, 6) is 0.879. The second kappa shape index (κ2) is 12.0. The highest BCUT2D eigenvalue weighted by Crippen LogP contribution is 2.35. The van der Waals surface area contributed by atoms with Gasteiger partial charge in [0.25, 0.3) is 5.56 Å². The third-order valence-electron chi connectivity index (χ3n) is 5.66. The van der Waals surface area contributed by atoms with Gasteiger partial charge in [-0.15, -0.1) is 0 Å². The van der Waals surface area contributed by atoms with Gasteiger partial charge in [0.1, 0.15) is 0 Å². The first-order valence-corrected chi connectivity index (χ1v) is 13.9. The van der Waals surface area contributed by atoms with E-state index in [4.69, 9.17) is 18.9 Å². The Morgan fingerprint density at radius 3 is 2.45 bits per heavy atom. The molecular weight excluding hydrogens is 623 g/mol. The van der Waals surface area contributed by atoms with Crippen LogP contribution in [-0.2, 0) is 9.53 Å².